The first kappa shape index (κ1) is 13.0. The molecule has 1 heterocycles. The number of rotatable bonds is 2. The molecule has 0 amide bonds. The summed E-state index contributed by atoms with van der Waals surface area (Å²) >= 11 is 0. The molecule has 1 unspecified atom stereocenters. The Morgan fingerprint density at radius 2 is 2.11 bits per heavy atom. The molecule has 1 aromatic rings. The van der Waals surface area contributed by atoms with Gasteiger partial charge in [0.2, 0.25) is 0 Å². The summed E-state index contributed by atoms with van der Waals surface area (Å²) in [6, 6.07) is 5.77. The average Bonchev–Trinajstić information content (AvgIpc) is 2.50. The molecule has 1 fully saturated rings. The van der Waals surface area contributed by atoms with E-state index in [4.69, 9.17) is 10.5 Å². The van der Waals surface area contributed by atoms with Crippen molar-refractivity contribution in [2.24, 2.45) is 0 Å². The van der Waals surface area contributed by atoms with E-state index in [2.05, 4.69) is 4.90 Å². The van der Waals surface area contributed by atoms with Gasteiger partial charge in [0.15, 0.2) is 0 Å². The maximum absolute atomic E-state index is 10.1. The second kappa shape index (κ2) is 5.06. The van der Waals surface area contributed by atoms with Crippen LogP contribution in [-0.2, 0) is 0 Å². The maximum atomic E-state index is 10.1. The number of nitrogens with zero attached hydrogens (tertiary/aromatic N) is 1. The van der Waals surface area contributed by atoms with Crippen LogP contribution in [0.15, 0.2) is 18.2 Å². The van der Waals surface area contributed by atoms with E-state index in [1.54, 1.807) is 7.11 Å². The number of hydrogen-bond acceptors (Lipinski definition) is 4. The Hall–Kier alpha value is -1.42. The minimum atomic E-state index is -0.546. The smallest absolute Gasteiger partial charge is 0.121 e. The molecule has 1 aliphatic rings. The molecule has 1 aromatic carbocycles. The fraction of sp³-hybridized carbons (Fsp3) is 0.571. The normalized spacial score (nSPS) is 24.7. The molecule has 0 bridgehead atoms. The molecule has 100 valence electrons. The number of nitrogen functional groups attached to an aromatic ring is 1. The number of ether oxygens (including phenoxy) is 1. The number of hydrogen-bond donors (Lipinski definition) is 2. The zero-order valence-corrected chi connectivity index (χ0v) is 11.1. The van der Waals surface area contributed by atoms with Crippen molar-refractivity contribution in [3.63, 3.8) is 0 Å². The molecule has 3 N–H and O–H groups in total. The summed E-state index contributed by atoms with van der Waals surface area (Å²) in [4.78, 5) is 2.25. The maximum Gasteiger partial charge on any atom is 0.121 e. The minimum absolute atomic E-state index is 0.546. The predicted molar refractivity (Wildman–Crippen MR) is 74.1 cm³/mol. The van der Waals surface area contributed by atoms with Gasteiger partial charge in [0, 0.05) is 19.2 Å². The first-order valence-electron chi connectivity index (χ1n) is 6.43. The van der Waals surface area contributed by atoms with Crippen LogP contribution in [0, 0.1) is 0 Å². The average molecular weight is 250 g/mol. The molecule has 0 saturated carbocycles. The van der Waals surface area contributed by atoms with Gasteiger partial charge in [0.1, 0.15) is 5.75 Å². The van der Waals surface area contributed by atoms with Crippen molar-refractivity contribution in [2.45, 2.75) is 31.8 Å². The van der Waals surface area contributed by atoms with Gasteiger partial charge in [-0.3, -0.25) is 0 Å². The molecule has 1 saturated heterocycles. The highest BCUT2D eigenvalue weighted by atomic mass is 16.5. The van der Waals surface area contributed by atoms with Crippen LogP contribution in [0.1, 0.15) is 26.2 Å². The zero-order chi connectivity index (χ0) is 13.2. The largest absolute Gasteiger partial charge is 0.497 e. The van der Waals surface area contributed by atoms with Crippen LogP contribution < -0.4 is 15.4 Å². The third-order valence-electron chi connectivity index (χ3n) is 3.64. The summed E-state index contributed by atoms with van der Waals surface area (Å²) in [7, 11) is 1.64. The van der Waals surface area contributed by atoms with Gasteiger partial charge in [-0.1, -0.05) is 0 Å². The van der Waals surface area contributed by atoms with Gasteiger partial charge in [-0.15, -0.1) is 0 Å². The highest BCUT2D eigenvalue weighted by Crippen LogP contribution is 2.31. The van der Waals surface area contributed by atoms with Crippen LogP contribution in [0.2, 0.25) is 0 Å². The lowest BCUT2D eigenvalue weighted by Gasteiger charge is -2.25. The van der Waals surface area contributed by atoms with E-state index in [0.29, 0.717) is 0 Å². The summed E-state index contributed by atoms with van der Waals surface area (Å²) in [5.74, 6) is 0.776. The highest BCUT2D eigenvalue weighted by Gasteiger charge is 2.25. The Kier molecular flexibility index (Phi) is 3.66. The van der Waals surface area contributed by atoms with Crippen molar-refractivity contribution >= 4 is 11.4 Å². The molecule has 1 aliphatic heterocycles. The Morgan fingerprint density at radius 1 is 1.33 bits per heavy atom. The van der Waals surface area contributed by atoms with Crippen molar-refractivity contribution in [2.75, 3.05) is 30.8 Å². The number of benzene rings is 1. The topological polar surface area (TPSA) is 58.7 Å². The summed E-state index contributed by atoms with van der Waals surface area (Å²) in [6.07, 6.45) is 2.61. The number of methoxy groups -OCH3 is 1. The van der Waals surface area contributed by atoms with E-state index in [-0.39, 0.29) is 0 Å². The van der Waals surface area contributed by atoms with E-state index < -0.39 is 5.60 Å². The van der Waals surface area contributed by atoms with Crippen molar-refractivity contribution in [3.8, 4) is 5.75 Å². The summed E-state index contributed by atoms with van der Waals surface area (Å²) in [5, 5.41) is 10.1. The number of anilines is 2. The van der Waals surface area contributed by atoms with Crippen LogP contribution >= 0.6 is 0 Å². The van der Waals surface area contributed by atoms with Crippen LogP contribution in [0.3, 0.4) is 0 Å². The molecular weight excluding hydrogens is 228 g/mol. The first-order chi connectivity index (χ1) is 8.52. The van der Waals surface area contributed by atoms with Gasteiger partial charge >= 0.3 is 0 Å². The fourth-order valence-electron chi connectivity index (χ4n) is 2.45. The Balaban J connectivity index is 2.16. The minimum Gasteiger partial charge on any atom is -0.497 e. The van der Waals surface area contributed by atoms with E-state index in [9.17, 15) is 5.11 Å². The zero-order valence-electron chi connectivity index (χ0n) is 11.1. The van der Waals surface area contributed by atoms with Crippen molar-refractivity contribution in [3.05, 3.63) is 18.2 Å². The number of aliphatic hydroxyl groups is 1. The van der Waals surface area contributed by atoms with E-state index in [0.717, 1.165) is 49.5 Å². The van der Waals surface area contributed by atoms with Crippen molar-refractivity contribution < 1.29 is 9.84 Å². The SMILES string of the molecule is COc1ccc(N2CCCC(C)(O)CC2)c(N)c1. The molecule has 4 heteroatoms. The molecule has 1 atom stereocenters. The van der Waals surface area contributed by atoms with Crippen molar-refractivity contribution in [1.82, 2.24) is 0 Å². The summed E-state index contributed by atoms with van der Waals surface area (Å²) in [5.41, 5.74) is 7.28. The van der Waals surface area contributed by atoms with Crippen LogP contribution in [0.4, 0.5) is 11.4 Å². The third kappa shape index (κ3) is 2.88. The van der Waals surface area contributed by atoms with Gasteiger partial charge in [-0.05, 0) is 38.3 Å². The first-order valence-corrected chi connectivity index (χ1v) is 6.43. The number of nitrogens with two attached hydrogens (primary N) is 1. The molecular formula is C14H22N2O2. The summed E-state index contributed by atoms with van der Waals surface area (Å²) < 4.78 is 5.16. The predicted octanol–water partition coefficient (Wildman–Crippen LogP) is 2.02. The highest BCUT2D eigenvalue weighted by molar-refractivity contribution is 5.69. The van der Waals surface area contributed by atoms with Crippen LogP contribution in [-0.4, -0.2) is 30.9 Å². The van der Waals surface area contributed by atoms with E-state index in [1.807, 2.05) is 25.1 Å². The molecule has 0 aromatic heterocycles. The van der Waals surface area contributed by atoms with E-state index >= 15 is 0 Å². The van der Waals surface area contributed by atoms with Gasteiger partial charge in [-0.25, -0.2) is 0 Å². The Morgan fingerprint density at radius 3 is 2.78 bits per heavy atom. The standard InChI is InChI=1S/C14H22N2O2/c1-14(17)6-3-8-16(9-7-14)13-5-4-11(18-2)10-12(13)15/h4-5,10,17H,3,6-9,15H2,1-2H3. The third-order valence-corrected chi connectivity index (χ3v) is 3.64. The van der Waals surface area contributed by atoms with Crippen LogP contribution in [0.25, 0.3) is 0 Å². The van der Waals surface area contributed by atoms with Crippen molar-refractivity contribution in [1.29, 1.82) is 0 Å². The lowest BCUT2D eigenvalue weighted by molar-refractivity contribution is 0.0481. The van der Waals surface area contributed by atoms with E-state index in [1.165, 1.54) is 0 Å². The Bertz CT molecular complexity index is 418. The fourth-order valence-corrected chi connectivity index (χ4v) is 2.45. The molecule has 4 nitrogen and oxygen atoms in total. The molecule has 0 spiro atoms. The van der Waals surface area contributed by atoms with Crippen LogP contribution in [0.5, 0.6) is 5.75 Å². The lowest BCUT2D eigenvalue weighted by atomic mass is 9.98. The molecule has 18 heavy (non-hydrogen) atoms. The molecule has 0 radical (unpaired) electrons. The summed E-state index contributed by atoms with van der Waals surface area (Å²) in [6.45, 7) is 3.68. The lowest BCUT2D eigenvalue weighted by Crippen LogP contribution is -2.28. The quantitative estimate of drug-likeness (QED) is 0.788. The van der Waals surface area contributed by atoms with Gasteiger partial charge in [-0.2, -0.15) is 0 Å². The Labute approximate surface area is 108 Å². The van der Waals surface area contributed by atoms with Gasteiger partial charge < -0.3 is 20.5 Å². The van der Waals surface area contributed by atoms with Gasteiger partial charge in [0.05, 0.1) is 24.1 Å². The second-order valence-corrected chi connectivity index (χ2v) is 5.26. The molecule has 0 aliphatic carbocycles. The monoisotopic (exact) mass is 250 g/mol. The second-order valence-electron chi connectivity index (χ2n) is 5.26. The molecule has 2 rings (SSSR count). The van der Waals surface area contributed by atoms with Gasteiger partial charge in [0.25, 0.3) is 0 Å².